The van der Waals surface area contributed by atoms with Crippen molar-refractivity contribution in [2.45, 2.75) is 47.1 Å². The summed E-state index contributed by atoms with van der Waals surface area (Å²) >= 11 is 0. The Kier molecular flexibility index (Phi) is 6.32. The number of carbonyl (C=O) groups excluding carboxylic acids is 1. The number of rotatable bonds is 6. The minimum absolute atomic E-state index is 0.173. The second kappa shape index (κ2) is 8.70. The molecule has 0 unspecified atom stereocenters. The highest BCUT2D eigenvalue weighted by Gasteiger charge is 2.26. The number of benzene rings is 1. The maximum absolute atomic E-state index is 12.5. The third-order valence-electron chi connectivity index (χ3n) is 5.58. The van der Waals surface area contributed by atoms with Crippen LogP contribution in [0.2, 0.25) is 0 Å². The third-order valence-corrected chi connectivity index (χ3v) is 5.58. The molecule has 1 aromatic heterocycles. The molecule has 0 spiro atoms. The van der Waals surface area contributed by atoms with Crippen molar-refractivity contribution in [3.8, 4) is 11.5 Å². The maximum atomic E-state index is 12.5. The predicted octanol–water partition coefficient (Wildman–Crippen LogP) is 4.04. The molecule has 2 aromatic rings. The van der Waals surface area contributed by atoms with E-state index >= 15 is 0 Å². The summed E-state index contributed by atoms with van der Waals surface area (Å²) in [6.07, 6.45) is 1.85. The van der Waals surface area contributed by atoms with Gasteiger partial charge in [0, 0.05) is 44.2 Å². The highest BCUT2D eigenvalue weighted by atomic mass is 16.4. The van der Waals surface area contributed by atoms with Crippen molar-refractivity contribution < 1.29 is 9.21 Å². The van der Waals surface area contributed by atoms with E-state index in [1.54, 1.807) is 0 Å². The Bertz CT molecular complexity index is 754. The van der Waals surface area contributed by atoms with Crippen molar-refractivity contribution in [2.24, 2.45) is 5.92 Å². The van der Waals surface area contributed by atoms with E-state index in [4.69, 9.17) is 9.40 Å². The van der Waals surface area contributed by atoms with Gasteiger partial charge < -0.3 is 9.32 Å². The number of aromatic nitrogens is 1. The fraction of sp³-hybridized carbons (Fsp3) is 0.545. The van der Waals surface area contributed by atoms with Gasteiger partial charge in [-0.2, -0.15) is 0 Å². The Hall–Kier alpha value is -2.14. The number of nitrogens with zero attached hydrogens (tertiary/aromatic N) is 3. The SMILES string of the molecule is CCC(CC)C(=O)N1CCN(Cc2nc(-c3ccc(C)cc3)oc2C)CC1. The van der Waals surface area contributed by atoms with E-state index in [-0.39, 0.29) is 5.92 Å². The lowest BCUT2D eigenvalue weighted by Gasteiger charge is -2.36. The number of piperazine rings is 1. The summed E-state index contributed by atoms with van der Waals surface area (Å²) in [5.41, 5.74) is 3.23. The maximum Gasteiger partial charge on any atom is 0.226 e. The smallest absolute Gasteiger partial charge is 0.226 e. The highest BCUT2D eigenvalue weighted by molar-refractivity contribution is 5.78. The Morgan fingerprint density at radius 3 is 2.30 bits per heavy atom. The van der Waals surface area contributed by atoms with Crippen molar-refractivity contribution >= 4 is 5.91 Å². The largest absolute Gasteiger partial charge is 0.441 e. The fourth-order valence-corrected chi connectivity index (χ4v) is 3.63. The molecule has 27 heavy (non-hydrogen) atoms. The molecule has 0 atom stereocenters. The summed E-state index contributed by atoms with van der Waals surface area (Å²) in [6.45, 7) is 12.4. The molecule has 5 heteroatoms. The van der Waals surface area contributed by atoms with E-state index in [0.29, 0.717) is 11.8 Å². The summed E-state index contributed by atoms with van der Waals surface area (Å²) in [7, 11) is 0. The summed E-state index contributed by atoms with van der Waals surface area (Å²) in [4.78, 5) is 21.7. The summed E-state index contributed by atoms with van der Waals surface area (Å²) in [5.74, 6) is 2.05. The third kappa shape index (κ3) is 4.59. The molecule has 3 rings (SSSR count). The zero-order chi connectivity index (χ0) is 19.4. The van der Waals surface area contributed by atoms with Gasteiger partial charge >= 0.3 is 0 Å². The minimum atomic E-state index is 0.173. The lowest BCUT2D eigenvalue weighted by Crippen LogP contribution is -2.50. The first-order chi connectivity index (χ1) is 13.0. The van der Waals surface area contributed by atoms with Crippen LogP contribution in [0.5, 0.6) is 0 Å². The van der Waals surface area contributed by atoms with Crippen molar-refractivity contribution in [3.05, 3.63) is 41.3 Å². The number of oxazole rings is 1. The molecule has 1 amide bonds. The first-order valence-electron chi connectivity index (χ1n) is 10.1. The Balaban J connectivity index is 1.59. The van der Waals surface area contributed by atoms with Gasteiger partial charge in [-0.1, -0.05) is 31.5 Å². The molecule has 5 nitrogen and oxygen atoms in total. The van der Waals surface area contributed by atoms with Crippen molar-refractivity contribution in [1.82, 2.24) is 14.8 Å². The Labute approximate surface area is 162 Å². The molecular weight excluding hydrogens is 338 g/mol. The van der Waals surface area contributed by atoms with Gasteiger partial charge in [-0.05, 0) is 38.8 Å². The normalized spacial score (nSPS) is 15.5. The van der Waals surface area contributed by atoms with E-state index in [9.17, 15) is 4.79 Å². The molecule has 1 aromatic carbocycles. The molecule has 2 heterocycles. The second-order valence-corrected chi connectivity index (χ2v) is 7.50. The van der Waals surface area contributed by atoms with Crippen molar-refractivity contribution in [1.29, 1.82) is 0 Å². The highest BCUT2D eigenvalue weighted by Crippen LogP contribution is 2.23. The molecule has 1 aliphatic rings. The van der Waals surface area contributed by atoms with Gasteiger partial charge in [0.25, 0.3) is 0 Å². The molecule has 0 saturated carbocycles. The van der Waals surface area contributed by atoms with E-state index in [1.165, 1.54) is 5.56 Å². The van der Waals surface area contributed by atoms with E-state index < -0.39 is 0 Å². The zero-order valence-electron chi connectivity index (χ0n) is 17.0. The van der Waals surface area contributed by atoms with Gasteiger partial charge in [-0.25, -0.2) is 4.98 Å². The van der Waals surface area contributed by atoms with Crippen LogP contribution in [0.4, 0.5) is 0 Å². The summed E-state index contributed by atoms with van der Waals surface area (Å²) < 4.78 is 5.90. The average Bonchev–Trinajstić information content (AvgIpc) is 3.04. The molecule has 1 fully saturated rings. The Morgan fingerprint density at radius 1 is 1.07 bits per heavy atom. The number of carbonyl (C=O) groups is 1. The molecule has 1 saturated heterocycles. The minimum Gasteiger partial charge on any atom is -0.441 e. The van der Waals surface area contributed by atoms with E-state index in [0.717, 1.165) is 62.6 Å². The van der Waals surface area contributed by atoms with E-state index in [2.05, 4.69) is 37.8 Å². The Morgan fingerprint density at radius 2 is 1.70 bits per heavy atom. The van der Waals surface area contributed by atoms with Crippen LogP contribution in [-0.2, 0) is 11.3 Å². The predicted molar refractivity (Wildman–Crippen MR) is 107 cm³/mol. The monoisotopic (exact) mass is 369 g/mol. The summed E-state index contributed by atoms with van der Waals surface area (Å²) in [6, 6.07) is 8.24. The first kappa shape index (κ1) is 19.6. The van der Waals surface area contributed by atoms with Crippen molar-refractivity contribution in [3.63, 3.8) is 0 Å². The average molecular weight is 370 g/mol. The van der Waals surface area contributed by atoms with Gasteiger partial charge in [-0.3, -0.25) is 9.69 Å². The van der Waals surface area contributed by atoms with Crippen LogP contribution >= 0.6 is 0 Å². The molecule has 0 aliphatic carbocycles. The summed E-state index contributed by atoms with van der Waals surface area (Å²) in [5, 5.41) is 0. The number of amides is 1. The van der Waals surface area contributed by atoms with E-state index in [1.807, 2.05) is 24.0 Å². The topological polar surface area (TPSA) is 49.6 Å². The van der Waals surface area contributed by atoms with Crippen LogP contribution < -0.4 is 0 Å². The number of aryl methyl sites for hydroxylation is 2. The van der Waals surface area contributed by atoms with Crippen LogP contribution in [0.15, 0.2) is 28.7 Å². The molecular formula is C22H31N3O2. The van der Waals surface area contributed by atoms with Crippen LogP contribution in [0.1, 0.15) is 43.7 Å². The fourth-order valence-electron chi connectivity index (χ4n) is 3.63. The van der Waals surface area contributed by atoms with Gasteiger partial charge in [0.15, 0.2) is 0 Å². The van der Waals surface area contributed by atoms with Gasteiger partial charge in [0.2, 0.25) is 11.8 Å². The quantitative estimate of drug-likeness (QED) is 0.771. The standard InChI is InChI=1S/C22H31N3O2/c1-5-18(6-2)22(26)25-13-11-24(12-14-25)15-20-17(4)27-21(23-20)19-9-7-16(3)8-10-19/h7-10,18H,5-6,11-15H2,1-4H3. The van der Waals surface area contributed by atoms with Crippen LogP contribution in [0.3, 0.4) is 0 Å². The molecule has 0 N–H and O–H groups in total. The van der Waals surface area contributed by atoms with Gasteiger partial charge in [-0.15, -0.1) is 0 Å². The zero-order valence-corrected chi connectivity index (χ0v) is 17.0. The molecule has 0 bridgehead atoms. The van der Waals surface area contributed by atoms with Crippen LogP contribution in [0.25, 0.3) is 11.5 Å². The van der Waals surface area contributed by atoms with Gasteiger partial charge in [0.1, 0.15) is 5.76 Å². The second-order valence-electron chi connectivity index (χ2n) is 7.50. The lowest BCUT2D eigenvalue weighted by molar-refractivity contribution is -0.137. The van der Waals surface area contributed by atoms with Crippen LogP contribution in [-0.4, -0.2) is 46.9 Å². The van der Waals surface area contributed by atoms with Gasteiger partial charge in [0.05, 0.1) is 5.69 Å². The molecule has 1 aliphatic heterocycles. The molecule has 0 radical (unpaired) electrons. The number of hydrogen-bond acceptors (Lipinski definition) is 4. The molecule has 146 valence electrons. The van der Waals surface area contributed by atoms with Crippen molar-refractivity contribution in [2.75, 3.05) is 26.2 Å². The van der Waals surface area contributed by atoms with Crippen LogP contribution in [0, 0.1) is 19.8 Å². The first-order valence-corrected chi connectivity index (χ1v) is 10.1. The number of hydrogen-bond donors (Lipinski definition) is 0. The lowest BCUT2D eigenvalue weighted by atomic mass is 10.0.